The van der Waals surface area contributed by atoms with Gasteiger partial charge in [-0.1, -0.05) is 48.5 Å². The first kappa shape index (κ1) is 35.1. The van der Waals surface area contributed by atoms with Crippen molar-refractivity contribution in [3.63, 3.8) is 0 Å². The number of allylic oxidation sites excluding steroid dienone is 1. The fourth-order valence-corrected chi connectivity index (χ4v) is 7.82. The summed E-state index contributed by atoms with van der Waals surface area (Å²) in [7, 11) is 0. The Morgan fingerprint density at radius 1 is 0.944 bits per heavy atom. The number of hydrogen-bond acceptors (Lipinski definition) is 14. The molecule has 15 heteroatoms. The third kappa shape index (κ3) is 5.99. The van der Waals surface area contributed by atoms with Crippen LogP contribution in [0.25, 0.3) is 43.5 Å². The van der Waals surface area contributed by atoms with Gasteiger partial charge in [0.15, 0.2) is 29.5 Å². The summed E-state index contributed by atoms with van der Waals surface area (Å²) in [6.45, 7) is 5.12. The van der Waals surface area contributed by atoms with Crippen molar-refractivity contribution in [2.45, 2.75) is 76.9 Å². The fraction of sp³-hybridized carbons (Fsp3) is 0.333. The normalized spacial score (nSPS) is 24.0. The Kier molecular flexibility index (Phi) is 9.00. The molecule has 0 unspecified atom stereocenters. The molecule has 0 amide bonds. The molecule has 2 aliphatic rings. The van der Waals surface area contributed by atoms with E-state index < -0.39 is 60.7 Å². The number of carbonyl (C=O) groups excluding carboxylic acids is 3. The number of imidazole rings is 1. The van der Waals surface area contributed by atoms with E-state index >= 15 is 0 Å². The molecule has 1 saturated heterocycles. The van der Waals surface area contributed by atoms with Crippen LogP contribution in [0.3, 0.4) is 0 Å². The number of aliphatic hydroxyl groups is 2. The predicted molar refractivity (Wildman–Crippen MR) is 195 cm³/mol. The number of esters is 3. The number of nitrogens with zero attached hydrogens (tertiary/aromatic N) is 4. The van der Waals surface area contributed by atoms with E-state index in [1.165, 1.54) is 33.4 Å². The molecule has 0 bridgehead atoms. The van der Waals surface area contributed by atoms with E-state index in [0.717, 1.165) is 32.3 Å². The fourth-order valence-electron chi connectivity index (χ4n) is 7.82. The van der Waals surface area contributed by atoms with Gasteiger partial charge in [-0.05, 0) is 50.9 Å². The van der Waals surface area contributed by atoms with Crippen molar-refractivity contribution in [2.24, 2.45) is 0 Å². The Hall–Kier alpha value is -5.90. The summed E-state index contributed by atoms with van der Waals surface area (Å²) in [6, 6.07) is 15.0. The van der Waals surface area contributed by atoms with Crippen LogP contribution >= 0.6 is 0 Å². The molecule has 1 aliphatic carbocycles. The summed E-state index contributed by atoms with van der Waals surface area (Å²) in [5, 5.41) is 29.3. The second-order valence-corrected chi connectivity index (χ2v) is 13.4. The Labute approximate surface area is 307 Å². The number of hydrogen-bond donors (Lipinski definition) is 3. The highest BCUT2D eigenvalue weighted by atomic mass is 16.6. The number of aliphatic hydroxyl groups excluding tert-OH is 2. The van der Waals surface area contributed by atoms with Crippen LogP contribution in [0.5, 0.6) is 5.88 Å². The topological polar surface area (TPSA) is 193 Å². The number of ether oxygens (including phenoxy) is 5. The molecule has 0 saturated carbocycles. The van der Waals surface area contributed by atoms with Gasteiger partial charge in [-0.15, -0.1) is 0 Å². The van der Waals surface area contributed by atoms with Crippen LogP contribution in [0, 0.1) is 0 Å². The second-order valence-electron chi connectivity index (χ2n) is 13.4. The van der Waals surface area contributed by atoms with E-state index in [-0.39, 0.29) is 30.5 Å². The van der Waals surface area contributed by atoms with Crippen molar-refractivity contribution in [1.29, 1.82) is 0 Å². The predicted octanol–water partition coefficient (Wildman–Crippen LogP) is 4.91. The average Bonchev–Trinajstić information content (AvgIpc) is 3.74. The lowest BCUT2D eigenvalue weighted by Gasteiger charge is -2.43. The van der Waals surface area contributed by atoms with Crippen LogP contribution in [-0.2, 0) is 33.3 Å². The minimum atomic E-state index is -1.29. The third-order valence-electron chi connectivity index (χ3n) is 9.87. The zero-order chi connectivity index (χ0) is 37.8. The molecule has 4 aromatic carbocycles. The zero-order valence-electron chi connectivity index (χ0n) is 29.8. The molecule has 54 heavy (non-hydrogen) atoms. The van der Waals surface area contributed by atoms with Gasteiger partial charge in [-0.3, -0.25) is 19.0 Å². The van der Waals surface area contributed by atoms with Crippen LogP contribution in [0.1, 0.15) is 63.6 Å². The maximum absolute atomic E-state index is 12.9. The molecule has 0 radical (unpaired) electrons. The molecule has 1 fully saturated rings. The summed E-state index contributed by atoms with van der Waals surface area (Å²) in [6.07, 6.45) is -1.37. The zero-order valence-corrected chi connectivity index (χ0v) is 29.8. The van der Waals surface area contributed by atoms with E-state index in [4.69, 9.17) is 28.7 Å². The lowest BCUT2D eigenvalue weighted by atomic mass is 9.77. The first-order valence-electron chi connectivity index (χ1n) is 17.5. The first-order valence-corrected chi connectivity index (χ1v) is 17.5. The Morgan fingerprint density at radius 2 is 1.65 bits per heavy atom. The lowest BCUT2D eigenvalue weighted by Crippen LogP contribution is -2.50. The quantitative estimate of drug-likeness (QED) is 0.0785. The minimum absolute atomic E-state index is 0.0207. The largest absolute Gasteiger partial charge is 0.456 e. The van der Waals surface area contributed by atoms with Crippen LogP contribution in [0.15, 0.2) is 67.2 Å². The maximum Gasteiger partial charge on any atom is 0.303 e. The van der Waals surface area contributed by atoms with Gasteiger partial charge >= 0.3 is 17.9 Å². The lowest BCUT2D eigenvalue weighted by molar-refractivity contribution is -0.187. The van der Waals surface area contributed by atoms with Crippen LogP contribution in [0.2, 0.25) is 0 Å². The molecule has 15 nitrogen and oxygen atoms in total. The monoisotopic (exact) mass is 735 g/mol. The van der Waals surface area contributed by atoms with E-state index in [2.05, 4.69) is 15.3 Å². The summed E-state index contributed by atoms with van der Waals surface area (Å²) in [5.74, 6) is -1.88. The summed E-state index contributed by atoms with van der Waals surface area (Å²) in [4.78, 5) is 52.3. The third-order valence-corrected chi connectivity index (χ3v) is 9.87. The van der Waals surface area contributed by atoms with Gasteiger partial charge in [0.05, 0.1) is 31.3 Å². The molecule has 278 valence electrons. The van der Waals surface area contributed by atoms with E-state index in [1.807, 2.05) is 48.5 Å². The molecule has 3 N–H and O–H groups in total. The average molecular weight is 736 g/mol. The molecular weight excluding hydrogens is 698 g/mol. The minimum Gasteiger partial charge on any atom is -0.456 e. The molecule has 3 heterocycles. The van der Waals surface area contributed by atoms with Gasteiger partial charge in [0.1, 0.15) is 12.3 Å². The number of fused-ring (bicyclic) bond motifs is 3. The molecule has 8 rings (SSSR count). The molecule has 2 aromatic heterocycles. The van der Waals surface area contributed by atoms with Crippen LogP contribution in [0.4, 0.5) is 5.95 Å². The van der Waals surface area contributed by atoms with Gasteiger partial charge in [-0.2, -0.15) is 9.97 Å². The van der Waals surface area contributed by atoms with Crippen molar-refractivity contribution in [3.8, 4) is 5.88 Å². The van der Waals surface area contributed by atoms with E-state index in [1.54, 1.807) is 17.6 Å². The molecule has 0 spiro atoms. The first-order chi connectivity index (χ1) is 26.1. The summed E-state index contributed by atoms with van der Waals surface area (Å²) < 4.78 is 31.2. The summed E-state index contributed by atoms with van der Waals surface area (Å²) >= 11 is 0. The Balaban J connectivity index is 1.37. The summed E-state index contributed by atoms with van der Waals surface area (Å²) in [5.41, 5.74) is 1.72. The number of anilines is 1. The molecule has 1 aliphatic heterocycles. The van der Waals surface area contributed by atoms with Gasteiger partial charge < -0.3 is 39.2 Å². The van der Waals surface area contributed by atoms with Crippen molar-refractivity contribution < 1.29 is 48.3 Å². The van der Waals surface area contributed by atoms with Gasteiger partial charge in [-0.25, -0.2) is 4.98 Å². The maximum atomic E-state index is 12.9. The van der Waals surface area contributed by atoms with Crippen LogP contribution in [-0.4, -0.2) is 78.7 Å². The van der Waals surface area contributed by atoms with Gasteiger partial charge in [0.25, 0.3) is 5.88 Å². The van der Waals surface area contributed by atoms with Crippen molar-refractivity contribution in [2.75, 3.05) is 11.9 Å². The highest BCUT2D eigenvalue weighted by molar-refractivity contribution is 6.24. The highest BCUT2D eigenvalue weighted by Crippen LogP contribution is 2.49. The Bertz CT molecular complexity index is 2450. The number of rotatable bonds is 9. The van der Waals surface area contributed by atoms with Gasteiger partial charge in [0, 0.05) is 32.8 Å². The SMILES string of the molecule is C/C=C/Oc1nc(N[C@@H]2c3c(cc4ccc5cccc6ccc3c4c56)[C@H](OC(C)=O)[C@@H](OC(C)=O)[C@H]2OC(C)=O)nc2c1ncn2[C@H]1C[C@H](O)[C@@H](CO)O1. The number of aromatic nitrogens is 4. The standard InChI is InChI=1S/C39H37N5O10/c1-5-13-50-38-33-37(44(17-40-33)28-15-26(49)27(16-45)54-28)42-39(43-38)41-32-31-24-12-11-22-8-6-7-21-9-10-23(30(24)29(21)22)14-25(31)34(51-18(2)46)36(53-20(4)48)35(32)52-19(3)47/h5-14,17,26-28,32,34-36,45,49H,15-16H2,1-4H3,(H,41,42,43)/b13-5+/t26-,27+,28+,32+,34-,35-,36+/m0/s1. The van der Waals surface area contributed by atoms with Crippen molar-refractivity contribution >= 4 is 67.3 Å². The van der Waals surface area contributed by atoms with Crippen molar-refractivity contribution in [3.05, 3.63) is 78.3 Å². The number of nitrogens with one attached hydrogen (secondary N) is 1. The van der Waals surface area contributed by atoms with E-state index in [9.17, 15) is 24.6 Å². The molecule has 6 aromatic rings. The molecular formula is C39H37N5O10. The Morgan fingerprint density at radius 3 is 2.33 bits per heavy atom. The molecule has 7 atom stereocenters. The van der Waals surface area contributed by atoms with Crippen LogP contribution < -0.4 is 10.1 Å². The smallest absolute Gasteiger partial charge is 0.303 e. The van der Waals surface area contributed by atoms with Gasteiger partial charge in [0.2, 0.25) is 5.95 Å². The number of carbonyl (C=O) groups is 3. The highest BCUT2D eigenvalue weighted by Gasteiger charge is 2.50. The van der Waals surface area contributed by atoms with E-state index in [0.29, 0.717) is 16.6 Å². The number of benzene rings is 4. The van der Waals surface area contributed by atoms with Crippen molar-refractivity contribution in [1.82, 2.24) is 19.5 Å². The second kappa shape index (κ2) is 13.8.